The largest absolute Gasteiger partial charge is 0.507 e. The van der Waals surface area contributed by atoms with Gasteiger partial charge in [0.15, 0.2) is 5.13 Å². The Morgan fingerprint density at radius 2 is 1.82 bits per heavy atom. The number of aromatic hydroxyl groups is 1. The van der Waals surface area contributed by atoms with E-state index in [1.165, 1.54) is 22.3 Å². The van der Waals surface area contributed by atoms with Crippen LogP contribution in [0.4, 0.5) is 9.93 Å². The van der Waals surface area contributed by atoms with Gasteiger partial charge in [-0.25, -0.2) is 19.6 Å². The second-order valence-corrected chi connectivity index (χ2v) is 18.5. The maximum absolute atomic E-state index is 14.7. The SMILES string of the molecule is C=CC1C[C@@]1(C=O)NC(=O)C1C[C@@H](C2C=c3c(O)cc(-c4csc(NC(C)C)n4)nc3=CC2OCC(=O)O)CN1C(=O)C(NC(=O)O[C@@H]1C[C@@H]2C[C@@H]2C1)C(C)(C)C. The highest BCUT2D eigenvalue weighted by atomic mass is 32.1. The number of aldehydes is 1. The Morgan fingerprint density at radius 1 is 1.09 bits per heavy atom. The number of carbonyl (C=O) groups is 5. The molecule has 0 bridgehead atoms. The molecule has 3 amide bonds. The van der Waals surface area contributed by atoms with Gasteiger partial charge in [0, 0.05) is 41.1 Å². The van der Waals surface area contributed by atoms with E-state index in [1.54, 1.807) is 18.2 Å². The Bertz CT molecular complexity index is 2070. The lowest BCUT2D eigenvalue weighted by Gasteiger charge is -2.36. The molecule has 0 spiro atoms. The van der Waals surface area contributed by atoms with Gasteiger partial charge in [-0.1, -0.05) is 32.9 Å². The number of likely N-dealkylation sites (tertiary alicyclic amines) is 1. The standard InChI is InChI=1S/C41H52N6O9S/c1-7-24-15-41(24,19-48)46-36(52)31-11-23(16-47(31)37(53)35(40(4,5)6)45-39(54)56-25-9-21-8-22(21)10-25)26-12-27-28(14-33(26)55-17-34(50)51)43-29(13-32(27)49)30-18-57-38(44-30)42-20(2)3/h7,12-14,18-26,31,33,35,49H,1,8-11,15-17H2,2-6H3,(H,42,44)(H,45,54)(H,46,52)(H,50,51)/t21-,22+,23-,24?,25+,26?,31?,33?,35?,41+/m1/s1. The molecule has 2 aromatic rings. The van der Waals surface area contributed by atoms with Crippen molar-refractivity contribution in [2.45, 2.75) is 103 Å². The molecular formula is C41H52N6O9S. The maximum atomic E-state index is 14.7. The Kier molecular flexibility index (Phi) is 11.0. The van der Waals surface area contributed by atoms with E-state index in [1.807, 2.05) is 40.0 Å². The number of aliphatic carboxylic acids is 1. The van der Waals surface area contributed by atoms with E-state index in [9.17, 15) is 34.2 Å². The number of ether oxygens (including phenoxy) is 2. The lowest BCUT2D eigenvalue weighted by molar-refractivity contribution is -0.143. The minimum Gasteiger partial charge on any atom is -0.507 e. The molecular weight excluding hydrogens is 753 g/mol. The molecule has 10 atom stereocenters. The summed E-state index contributed by atoms with van der Waals surface area (Å²) in [7, 11) is 0. The van der Waals surface area contributed by atoms with E-state index < -0.39 is 71.5 Å². The average molecular weight is 805 g/mol. The molecule has 15 nitrogen and oxygen atoms in total. The molecule has 2 aromatic heterocycles. The van der Waals surface area contributed by atoms with Crippen molar-refractivity contribution in [1.29, 1.82) is 0 Å². The van der Waals surface area contributed by atoms with Crippen LogP contribution in [0.15, 0.2) is 24.1 Å². The Morgan fingerprint density at radius 3 is 2.46 bits per heavy atom. The summed E-state index contributed by atoms with van der Waals surface area (Å²) in [4.78, 5) is 77.0. The minimum absolute atomic E-state index is 0.0270. The van der Waals surface area contributed by atoms with Crippen LogP contribution < -0.4 is 26.5 Å². The second kappa shape index (κ2) is 15.5. The van der Waals surface area contributed by atoms with Crippen molar-refractivity contribution in [3.63, 3.8) is 0 Å². The highest BCUT2D eigenvalue weighted by Crippen LogP contribution is 2.52. The zero-order valence-electron chi connectivity index (χ0n) is 32.9. The molecule has 5 unspecified atom stereocenters. The summed E-state index contributed by atoms with van der Waals surface area (Å²) in [5.41, 5.74) is -0.962. The smallest absolute Gasteiger partial charge is 0.408 e. The molecule has 0 aromatic carbocycles. The van der Waals surface area contributed by atoms with Crippen molar-refractivity contribution in [1.82, 2.24) is 25.5 Å². The number of carboxylic acids is 1. The van der Waals surface area contributed by atoms with E-state index in [0.29, 0.717) is 51.6 Å². The van der Waals surface area contributed by atoms with Gasteiger partial charge in [0.2, 0.25) is 11.8 Å². The molecule has 1 aliphatic heterocycles. The summed E-state index contributed by atoms with van der Waals surface area (Å²) in [5.74, 6) is -2.48. The number of hydrogen-bond donors (Lipinski definition) is 5. The highest BCUT2D eigenvalue weighted by molar-refractivity contribution is 7.14. The predicted molar refractivity (Wildman–Crippen MR) is 211 cm³/mol. The van der Waals surface area contributed by atoms with Crippen molar-refractivity contribution in [3.8, 4) is 17.1 Å². The molecule has 7 rings (SSSR count). The van der Waals surface area contributed by atoms with Crippen molar-refractivity contribution < 1.29 is 43.7 Å². The van der Waals surface area contributed by atoms with Crippen LogP contribution in [0.1, 0.15) is 66.7 Å². The zero-order valence-corrected chi connectivity index (χ0v) is 33.7. The number of nitrogens with one attached hydrogen (secondary N) is 3. The molecule has 5 aliphatic rings. The summed E-state index contributed by atoms with van der Waals surface area (Å²) in [5, 5.41) is 33.2. The van der Waals surface area contributed by atoms with E-state index >= 15 is 0 Å². The van der Waals surface area contributed by atoms with Crippen LogP contribution in [0, 0.1) is 35.0 Å². The van der Waals surface area contributed by atoms with Gasteiger partial charge in [-0.15, -0.1) is 17.9 Å². The summed E-state index contributed by atoms with van der Waals surface area (Å²) in [6, 6.07) is -0.452. The number of fused-ring (bicyclic) bond motifs is 2. The van der Waals surface area contributed by atoms with E-state index in [0.717, 1.165) is 19.3 Å². The Hall–Kier alpha value is -4.83. The van der Waals surface area contributed by atoms with E-state index in [-0.39, 0.29) is 36.8 Å². The van der Waals surface area contributed by atoms with Gasteiger partial charge in [-0.3, -0.25) is 9.59 Å². The topological polar surface area (TPSA) is 209 Å². The number of carbonyl (C=O) groups excluding carboxylic acids is 4. The monoisotopic (exact) mass is 804 g/mol. The number of pyridine rings is 1. The van der Waals surface area contributed by atoms with Gasteiger partial charge in [-0.05, 0) is 75.2 Å². The number of nitrogens with zero attached hydrogens (tertiary/aromatic N) is 3. The first-order valence-corrected chi connectivity index (χ1v) is 20.5. The van der Waals surface area contributed by atoms with Gasteiger partial charge in [0.05, 0.1) is 17.1 Å². The van der Waals surface area contributed by atoms with E-state index in [4.69, 9.17) is 14.5 Å². The molecule has 4 fully saturated rings. The molecule has 1 saturated heterocycles. The third-order valence-corrected chi connectivity index (χ3v) is 12.7. The van der Waals surface area contributed by atoms with Gasteiger partial charge >= 0.3 is 12.1 Å². The number of rotatable bonds is 14. The normalized spacial score (nSPS) is 30.2. The molecule has 5 N–H and O–H groups in total. The molecule has 57 heavy (non-hydrogen) atoms. The van der Waals surface area contributed by atoms with Crippen LogP contribution in [0.3, 0.4) is 0 Å². The third-order valence-electron chi connectivity index (χ3n) is 11.9. The van der Waals surface area contributed by atoms with Crippen molar-refractivity contribution >= 4 is 58.8 Å². The summed E-state index contributed by atoms with van der Waals surface area (Å²) < 4.78 is 11.7. The van der Waals surface area contributed by atoms with Crippen molar-refractivity contribution in [3.05, 3.63) is 34.7 Å². The van der Waals surface area contributed by atoms with Crippen molar-refractivity contribution in [2.24, 2.45) is 35.0 Å². The number of amides is 3. The van der Waals surface area contributed by atoms with E-state index in [2.05, 4.69) is 27.5 Å². The van der Waals surface area contributed by atoms with Crippen LogP contribution in [0.2, 0.25) is 0 Å². The first-order valence-electron chi connectivity index (χ1n) is 19.7. The van der Waals surface area contributed by atoms with Crippen LogP contribution in [0.5, 0.6) is 5.75 Å². The number of aromatic nitrogens is 2. The Balaban J connectivity index is 1.20. The first kappa shape index (κ1) is 40.4. The third kappa shape index (κ3) is 8.57. The van der Waals surface area contributed by atoms with Gasteiger partial charge < -0.3 is 45.3 Å². The van der Waals surface area contributed by atoms with Crippen LogP contribution in [0.25, 0.3) is 23.5 Å². The fourth-order valence-corrected chi connectivity index (χ4v) is 9.56. The molecule has 16 heteroatoms. The van der Waals surface area contributed by atoms with Gasteiger partial charge in [0.25, 0.3) is 0 Å². The van der Waals surface area contributed by atoms with Crippen LogP contribution >= 0.6 is 11.3 Å². The quantitative estimate of drug-likeness (QED) is 0.138. The van der Waals surface area contributed by atoms with Gasteiger partial charge in [-0.2, -0.15) is 0 Å². The number of alkyl carbamates (subject to hydrolysis) is 1. The Labute approximate surface area is 335 Å². The number of carboxylic acid groups (broad SMARTS) is 1. The second-order valence-electron chi connectivity index (χ2n) is 17.6. The summed E-state index contributed by atoms with van der Waals surface area (Å²) in [6.45, 7) is 12.6. The summed E-state index contributed by atoms with van der Waals surface area (Å²) in [6.07, 6.45) is 7.25. The summed E-state index contributed by atoms with van der Waals surface area (Å²) >= 11 is 1.40. The fourth-order valence-electron chi connectivity index (χ4n) is 8.71. The molecule has 4 aliphatic carbocycles. The fraction of sp³-hybridized carbons (Fsp3) is 0.585. The molecule has 306 valence electrons. The predicted octanol–water partition coefficient (Wildman–Crippen LogP) is 2.81. The van der Waals surface area contributed by atoms with Crippen LogP contribution in [-0.2, 0) is 28.7 Å². The minimum atomic E-state index is -1.19. The lowest BCUT2D eigenvalue weighted by Crippen LogP contribution is -2.58. The highest BCUT2D eigenvalue weighted by Gasteiger charge is 2.56. The zero-order chi connectivity index (χ0) is 41.0. The number of anilines is 1. The first-order chi connectivity index (χ1) is 27.0. The maximum Gasteiger partial charge on any atom is 0.408 e. The molecule has 3 saturated carbocycles. The number of hydrogen-bond acceptors (Lipinski definition) is 12. The van der Waals surface area contributed by atoms with Crippen LogP contribution in [-0.4, -0.2) is 104 Å². The van der Waals surface area contributed by atoms with Gasteiger partial charge in [0.1, 0.15) is 48.1 Å². The lowest BCUT2D eigenvalue weighted by atomic mass is 9.82. The number of thiazole rings is 1. The van der Waals surface area contributed by atoms with Crippen molar-refractivity contribution in [2.75, 3.05) is 18.5 Å². The average Bonchev–Trinajstić information content (AvgIpc) is 3.78. The molecule has 0 radical (unpaired) electrons. The molecule has 3 heterocycles.